The number of aromatic hydroxyl groups is 2. The number of carbonyl (C=O) groups is 4. The maximum atomic E-state index is 13.4. The summed E-state index contributed by atoms with van der Waals surface area (Å²) in [6.07, 6.45) is 1.25. The molecule has 0 unspecified atom stereocenters. The summed E-state index contributed by atoms with van der Waals surface area (Å²) in [6.45, 7) is 0.137. The Hall–Kier alpha value is -5.43. The lowest BCUT2D eigenvalue weighted by Crippen LogP contribution is -2.71. The Morgan fingerprint density at radius 2 is 1.98 bits per heavy atom. The minimum atomic E-state index is -1.81. The number of thioether (sulfide) groups is 1. The summed E-state index contributed by atoms with van der Waals surface area (Å²) < 4.78 is 1.62. The molecular weight excluding hydrogens is 620 g/mol. The summed E-state index contributed by atoms with van der Waals surface area (Å²) >= 11 is 2.20. The van der Waals surface area contributed by atoms with Gasteiger partial charge in [-0.3, -0.25) is 14.5 Å². The van der Waals surface area contributed by atoms with Crippen LogP contribution in [0.15, 0.2) is 58.6 Å². The van der Waals surface area contributed by atoms with Crippen LogP contribution in [0.25, 0.3) is 0 Å². The van der Waals surface area contributed by atoms with Crippen LogP contribution < -0.4 is 21.4 Å². The summed E-state index contributed by atoms with van der Waals surface area (Å²) in [5, 5.41) is 45.8. The highest BCUT2D eigenvalue weighted by Gasteiger charge is 2.54. The van der Waals surface area contributed by atoms with Crippen LogP contribution in [0, 0.1) is 0 Å². The zero-order chi connectivity index (χ0) is 31.7. The topological polar surface area (TPSA) is 268 Å². The Kier molecular flexibility index (Phi) is 8.23. The van der Waals surface area contributed by atoms with Gasteiger partial charge in [0.05, 0.1) is 6.20 Å². The number of nitrogens with zero attached hydrogens (tertiary/aromatic N) is 5. The van der Waals surface area contributed by atoms with Gasteiger partial charge >= 0.3 is 11.9 Å². The van der Waals surface area contributed by atoms with E-state index < -0.39 is 58.5 Å². The largest absolute Gasteiger partial charge is 0.504 e. The molecule has 1 fully saturated rings. The maximum absolute atomic E-state index is 13.4. The Morgan fingerprint density at radius 3 is 2.59 bits per heavy atom. The van der Waals surface area contributed by atoms with Gasteiger partial charge in [-0.15, -0.1) is 23.1 Å². The van der Waals surface area contributed by atoms with Gasteiger partial charge in [-0.05, 0) is 17.1 Å². The molecule has 3 aromatic rings. The first-order valence-electron chi connectivity index (χ1n) is 12.5. The zero-order valence-corrected chi connectivity index (χ0v) is 23.9. The van der Waals surface area contributed by atoms with Crippen molar-refractivity contribution < 1.29 is 49.0 Å². The van der Waals surface area contributed by atoms with Gasteiger partial charge in [0.25, 0.3) is 18.1 Å². The molecule has 19 heteroatoms. The van der Waals surface area contributed by atoms with Gasteiger partial charge in [0.1, 0.15) is 29.4 Å². The van der Waals surface area contributed by atoms with Crippen LogP contribution in [-0.2, 0) is 30.6 Å². The van der Waals surface area contributed by atoms with Crippen LogP contribution >= 0.6 is 23.1 Å². The lowest BCUT2D eigenvalue weighted by atomic mass is 10.0. The van der Waals surface area contributed by atoms with E-state index in [4.69, 9.17) is 16.3 Å². The van der Waals surface area contributed by atoms with Gasteiger partial charge in [-0.25, -0.2) is 19.1 Å². The molecule has 2 aliphatic rings. The smallest absolute Gasteiger partial charge is 0.352 e. The number of aromatic nitrogens is 3. The predicted octanol–water partition coefficient (Wildman–Crippen LogP) is -0.613. The van der Waals surface area contributed by atoms with E-state index in [2.05, 4.69) is 20.4 Å². The van der Waals surface area contributed by atoms with Gasteiger partial charge in [0.2, 0.25) is 11.9 Å². The van der Waals surface area contributed by atoms with Crippen molar-refractivity contribution in [2.75, 3.05) is 17.2 Å². The number of phenols is 2. The minimum Gasteiger partial charge on any atom is -0.504 e. The second-order valence-corrected chi connectivity index (χ2v) is 11.4. The molecule has 2 aliphatic heterocycles. The predicted molar refractivity (Wildman–Crippen MR) is 153 cm³/mol. The minimum absolute atomic E-state index is 0.0606. The molecule has 0 radical (unpaired) electrons. The van der Waals surface area contributed by atoms with E-state index in [9.17, 15) is 39.6 Å². The number of hydrogen-bond donors (Lipinski definition) is 7. The highest BCUT2D eigenvalue weighted by molar-refractivity contribution is 8.00. The van der Waals surface area contributed by atoms with Crippen LogP contribution in [0.1, 0.15) is 17.4 Å². The van der Waals surface area contributed by atoms with Gasteiger partial charge in [-0.2, -0.15) is 0 Å². The Balaban J connectivity index is 1.37. The third-order valence-corrected chi connectivity index (χ3v) is 8.47. The molecule has 5 rings (SSSR count). The monoisotopic (exact) mass is 643 g/mol. The number of nitrogens with one attached hydrogen (secondary N) is 1. The van der Waals surface area contributed by atoms with Crippen molar-refractivity contribution in [1.82, 2.24) is 20.2 Å². The van der Waals surface area contributed by atoms with E-state index in [-0.39, 0.29) is 40.2 Å². The lowest BCUT2D eigenvalue weighted by Gasteiger charge is -2.49. The number of hydrogen-bond acceptors (Lipinski definition) is 14. The van der Waals surface area contributed by atoms with Crippen molar-refractivity contribution in [3.8, 4) is 11.5 Å². The Labute approximate surface area is 255 Å². The number of carboxylic acids is 2. The van der Waals surface area contributed by atoms with E-state index in [0.29, 0.717) is 5.57 Å². The fourth-order valence-electron chi connectivity index (χ4n) is 4.38. The average molecular weight is 644 g/mol. The number of β-lactam (4-membered cyclic amide) rings is 1. The van der Waals surface area contributed by atoms with Crippen molar-refractivity contribution in [1.29, 1.82) is 0 Å². The summed E-state index contributed by atoms with van der Waals surface area (Å²) in [4.78, 5) is 64.9. The fourth-order valence-corrected chi connectivity index (χ4v) is 6.26. The number of aliphatic carboxylic acids is 2. The molecule has 0 spiro atoms. The Morgan fingerprint density at radius 1 is 1.20 bits per heavy atom. The second kappa shape index (κ2) is 12.1. The molecule has 1 saturated heterocycles. The van der Waals surface area contributed by atoms with Crippen molar-refractivity contribution >= 4 is 63.5 Å². The number of amides is 2. The lowest BCUT2D eigenvalue weighted by molar-refractivity contribution is -0.691. The van der Waals surface area contributed by atoms with Crippen LogP contribution in [0.5, 0.6) is 11.5 Å². The van der Waals surface area contributed by atoms with Gasteiger partial charge in [0, 0.05) is 28.3 Å². The molecule has 9 N–H and O–H groups in total. The van der Waals surface area contributed by atoms with Crippen LogP contribution in [0.3, 0.4) is 0 Å². The molecule has 3 atom stereocenters. The summed E-state index contributed by atoms with van der Waals surface area (Å²) in [5.74, 6) is -5.09. The number of anilines is 2. The number of thiazole rings is 1. The third-order valence-electron chi connectivity index (χ3n) is 6.46. The number of benzene rings is 1. The van der Waals surface area contributed by atoms with Gasteiger partial charge in [0.15, 0.2) is 22.3 Å². The van der Waals surface area contributed by atoms with Crippen LogP contribution in [0.4, 0.5) is 10.9 Å². The number of carboxylic acid groups (broad SMARTS) is 2. The van der Waals surface area contributed by atoms with Crippen LogP contribution in [0.2, 0.25) is 0 Å². The first-order chi connectivity index (χ1) is 20.9. The van der Waals surface area contributed by atoms with E-state index in [0.717, 1.165) is 28.4 Å². The van der Waals surface area contributed by atoms with Gasteiger partial charge in [-0.1, -0.05) is 11.2 Å². The normalized spacial score (nSPS) is 18.7. The van der Waals surface area contributed by atoms with Crippen LogP contribution in [-0.4, -0.2) is 81.9 Å². The number of fused-ring (bicyclic) bond motifs is 1. The molecule has 2 amide bonds. The SMILES string of the molecule is Nc1cc[n+](CC2=C(C(=O)O)N3C(=O)[C@@H](NC(=O)/C(=N\O[C@H](C(=O)O)c4ccc(O)c(O)c4)c4csc(N)n4)[C@H]3SC2)cn1. The highest BCUT2D eigenvalue weighted by atomic mass is 32.2. The molecule has 4 heterocycles. The standard InChI is InChI=1S/C25H22N8O9S2/c26-15-3-4-32(9-28-15)6-11-7-43-22-17(21(37)33(22)18(11)23(38)39)30-20(36)16(12-8-44-25(27)29-12)31-42-19(24(40)41)10-1-2-13(34)14(35)5-10/h1-5,8-9,17,19,22,26H,6-7H2,(H7,27,29,30,31,34,35,36,38,39,40,41)/p+1/t17-,19+,22-/m1/s1. The second-order valence-electron chi connectivity index (χ2n) is 9.36. The quantitative estimate of drug-likeness (QED) is 0.0478. The molecule has 0 aliphatic carbocycles. The number of nitrogens with two attached hydrogens (primary N) is 2. The number of phenolic OH excluding ortho intramolecular Hbond substituents is 2. The summed E-state index contributed by atoms with van der Waals surface area (Å²) in [5.41, 5.74) is 10.9. The Bertz CT molecular complexity index is 1730. The van der Waals surface area contributed by atoms with E-state index in [1.54, 1.807) is 16.8 Å². The van der Waals surface area contributed by atoms with Crippen molar-refractivity contribution in [3.05, 3.63) is 64.7 Å². The number of nitrogen functional groups attached to an aromatic ring is 2. The first kappa shape index (κ1) is 30.0. The van der Waals surface area contributed by atoms with E-state index >= 15 is 0 Å². The molecule has 0 bridgehead atoms. The highest BCUT2D eigenvalue weighted by Crippen LogP contribution is 2.40. The van der Waals surface area contributed by atoms with E-state index in [1.165, 1.54) is 29.5 Å². The summed E-state index contributed by atoms with van der Waals surface area (Å²) in [6, 6.07) is 3.58. The van der Waals surface area contributed by atoms with E-state index in [1.807, 2.05) is 0 Å². The van der Waals surface area contributed by atoms with Crippen molar-refractivity contribution in [2.24, 2.45) is 5.16 Å². The average Bonchev–Trinajstić information content (AvgIpc) is 3.41. The zero-order valence-electron chi connectivity index (χ0n) is 22.2. The van der Waals surface area contributed by atoms with Crippen molar-refractivity contribution in [3.63, 3.8) is 0 Å². The van der Waals surface area contributed by atoms with Gasteiger partial charge < -0.3 is 42.0 Å². The fraction of sp³-hybridized carbons (Fsp3) is 0.200. The third kappa shape index (κ3) is 5.90. The van der Waals surface area contributed by atoms with Crippen molar-refractivity contribution in [2.45, 2.75) is 24.1 Å². The maximum Gasteiger partial charge on any atom is 0.352 e. The number of rotatable bonds is 10. The first-order valence-corrected chi connectivity index (χ1v) is 14.4. The molecule has 44 heavy (non-hydrogen) atoms. The summed E-state index contributed by atoms with van der Waals surface area (Å²) in [7, 11) is 0. The number of carbonyl (C=O) groups excluding carboxylic acids is 2. The number of oxime groups is 1. The molecule has 1 aromatic carbocycles. The molecule has 2 aromatic heterocycles. The molecule has 17 nitrogen and oxygen atoms in total. The molecular formula is C25H23N8O9S2+. The molecule has 228 valence electrons. The molecule has 0 saturated carbocycles.